The van der Waals surface area contributed by atoms with Gasteiger partial charge in [-0.25, -0.2) is 0 Å². The summed E-state index contributed by atoms with van der Waals surface area (Å²) in [5.74, 6) is 1.22. The molecule has 2 aromatic carbocycles. The van der Waals surface area contributed by atoms with Crippen molar-refractivity contribution in [2.75, 3.05) is 21.3 Å². The molecule has 1 unspecified atom stereocenters. The summed E-state index contributed by atoms with van der Waals surface area (Å²) in [7, 11) is 4.97. The van der Waals surface area contributed by atoms with Gasteiger partial charge < -0.3 is 19.7 Å². The van der Waals surface area contributed by atoms with Gasteiger partial charge in [0, 0.05) is 26.1 Å². The highest BCUT2D eigenvalue weighted by atomic mass is 16.5. The highest BCUT2D eigenvalue weighted by molar-refractivity contribution is 5.79. The standard InChI is InChI=1S/C22H28N2O4/c1-15-6-11-21(28-5)18(12-15)14-24(3)22(26)13-20(23-16(2)25)17-7-9-19(27-4)10-8-17/h6-12,20H,13-14H2,1-5H3,(H,23,25). The number of ether oxygens (including phenoxy) is 2. The molecular weight excluding hydrogens is 356 g/mol. The largest absolute Gasteiger partial charge is 0.497 e. The van der Waals surface area contributed by atoms with Gasteiger partial charge in [0.15, 0.2) is 0 Å². The number of carbonyl (C=O) groups is 2. The van der Waals surface area contributed by atoms with Crippen molar-refractivity contribution in [2.45, 2.75) is 32.9 Å². The third-order valence-corrected chi connectivity index (χ3v) is 4.54. The van der Waals surface area contributed by atoms with Gasteiger partial charge in [-0.15, -0.1) is 0 Å². The van der Waals surface area contributed by atoms with Crippen LogP contribution in [0.15, 0.2) is 42.5 Å². The van der Waals surface area contributed by atoms with Crippen LogP contribution >= 0.6 is 0 Å². The summed E-state index contributed by atoms with van der Waals surface area (Å²) in [6.45, 7) is 3.88. The maximum absolute atomic E-state index is 12.8. The molecule has 1 atom stereocenters. The van der Waals surface area contributed by atoms with E-state index in [1.165, 1.54) is 6.92 Å². The fraction of sp³-hybridized carbons (Fsp3) is 0.364. The van der Waals surface area contributed by atoms with Crippen LogP contribution in [0.1, 0.15) is 36.1 Å². The number of hydrogen-bond acceptors (Lipinski definition) is 4. The molecule has 150 valence electrons. The first-order valence-corrected chi connectivity index (χ1v) is 9.12. The third kappa shape index (κ3) is 5.74. The molecule has 0 bridgehead atoms. The van der Waals surface area contributed by atoms with Crippen LogP contribution in [0.5, 0.6) is 11.5 Å². The maximum Gasteiger partial charge on any atom is 0.225 e. The van der Waals surface area contributed by atoms with Crippen molar-refractivity contribution in [2.24, 2.45) is 0 Å². The number of amides is 2. The molecule has 0 radical (unpaired) electrons. The van der Waals surface area contributed by atoms with Gasteiger partial charge in [-0.05, 0) is 30.7 Å². The van der Waals surface area contributed by atoms with Gasteiger partial charge >= 0.3 is 0 Å². The zero-order chi connectivity index (χ0) is 20.7. The van der Waals surface area contributed by atoms with Crippen LogP contribution in [-0.4, -0.2) is 38.0 Å². The molecule has 0 aliphatic rings. The molecule has 1 N–H and O–H groups in total. The SMILES string of the molecule is COc1ccc(C(CC(=O)N(C)Cc2cc(C)ccc2OC)NC(C)=O)cc1. The number of aryl methyl sites for hydroxylation is 1. The Bertz CT molecular complexity index is 818. The van der Waals surface area contributed by atoms with Crippen LogP contribution < -0.4 is 14.8 Å². The van der Waals surface area contributed by atoms with E-state index in [-0.39, 0.29) is 18.2 Å². The molecule has 0 aromatic heterocycles. The lowest BCUT2D eigenvalue weighted by molar-refractivity contribution is -0.131. The molecule has 0 aliphatic heterocycles. The summed E-state index contributed by atoms with van der Waals surface area (Å²) in [5.41, 5.74) is 2.90. The zero-order valence-corrected chi connectivity index (χ0v) is 17.1. The van der Waals surface area contributed by atoms with Gasteiger partial charge in [-0.3, -0.25) is 9.59 Å². The zero-order valence-electron chi connectivity index (χ0n) is 17.1. The Kier molecular flexibility index (Phi) is 7.44. The Balaban J connectivity index is 2.13. The Morgan fingerprint density at radius 2 is 1.75 bits per heavy atom. The molecule has 0 aliphatic carbocycles. The molecule has 0 heterocycles. The Morgan fingerprint density at radius 1 is 1.07 bits per heavy atom. The maximum atomic E-state index is 12.8. The van der Waals surface area contributed by atoms with Crippen molar-refractivity contribution >= 4 is 11.8 Å². The van der Waals surface area contributed by atoms with Crippen molar-refractivity contribution in [1.29, 1.82) is 0 Å². The molecule has 28 heavy (non-hydrogen) atoms. The van der Waals surface area contributed by atoms with Crippen LogP contribution in [0.4, 0.5) is 0 Å². The first kappa shape index (κ1) is 21.3. The fourth-order valence-corrected chi connectivity index (χ4v) is 3.04. The van der Waals surface area contributed by atoms with Crippen molar-refractivity contribution in [1.82, 2.24) is 10.2 Å². The summed E-state index contributed by atoms with van der Waals surface area (Å²) in [6.07, 6.45) is 0.163. The molecule has 0 fully saturated rings. The molecule has 2 amide bonds. The van der Waals surface area contributed by atoms with Crippen LogP contribution in [0, 0.1) is 6.92 Å². The van der Waals surface area contributed by atoms with E-state index in [9.17, 15) is 9.59 Å². The van der Waals surface area contributed by atoms with Gasteiger partial charge in [-0.2, -0.15) is 0 Å². The van der Waals surface area contributed by atoms with E-state index in [1.54, 1.807) is 26.2 Å². The Labute approximate surface area is 166 Å². The third-order valence-electron chi connectivity index (χ3n) is 4.54. The summed E-state index contributed by atoms with van der Waals surface area (Å²) < 4.78 is 10.6. The van der Waals surface area contributed by atoms with Gasteiger partial charge in [-0.1, -0.05) is 29.8 Å². The lowest BCUT2D eigenvalue weighted by Gasteiger charge is -2.23. The topological polar surface area (TPSA) is 67.9 Å². The van der Waals surface area contributed by atoms with Crippen molar-refractivity contribution < 1.29 is 19.1 Å². The van der Waals surface area contributed by atoms with E-state index >= 15 is 0 Å². The second-order valence-corrected chi connectivity index (χ2v) is 6.80. The van der Waals surface area contributed by atoms with Gasteiger partial charge in [0.1, 0.15) is 11.5 Å². The van der Waals surface area contributed by atoms with Crippen LogP contribution in [0.2, 0.25) is 0 Å². The fourth-order valence-electron chi connectivity index (χ4n) is 3.04. The predicted molar refractivity (Wildman–Crippen MR) is 108 cm³/mol. The summed E-state index contributed by atoms with van der Waals surface area (Å²) in [4.78, 5) is 26.1. The molecule has 6 heteroatoms. The number of carbonyl (C=O) groups excluding carboxylic acids is 2. The summed E-state index contributed by atoms with van der Waals surface area (Å²) >= 11 is 0. The van der Waals surface area contributed by atoms with E-state index in [0.29, 0.717) is 6.54 Å². The second kappa shape index (κ2) is 9.78. The predicted octanol–water partition coefficient (Wildman–Crippen LogP) is 3.24. The van der Waals surface area contributed by atoms with Crippen molar-refractivity contribution in [3.8, 4) is 11.5 Å². The highest BCUT2D eigenvalue weighted by Crippen LogP contribution is 2.24. The summed E-state index contributed by atoms with van der Waals surface area (Å²) in [6, 6.07) is 12.8. The molecule has 0 saturated heterocycles. The Morgan fingerprint density at radius 3 is 2.32 bits per heavy atom. The first-order valence-electron chi connectivity index (χ1n) is 9.12. The Hall–Kier alpha value is -3.02. The molecule has 2 rings (SSSR count). The molecule has 2 aromatic rings. The first-order chi connectivity index (χ1) is 13.3. The highest BCUT2D eigenvalue weighted by Gasteiger charge is 2.20. The van der Waals surface area contributed by atoms with E-state index in [2.05, 4.69) is 5.32 Å². The molecule has 6 nitrogen and oxygen atoms in total. The lowest BCUT2D eigenvalue weighted by atomic mass is 10.0. The normalized spacial score (nSPS) is 11.5. The van der Waals surface area contributed by atoms with Crippen LogP contribution in [0.25, 0.3) is 0 Å². The minimum Gasteiger partial charge on any atom is -0.497 e. The number of nitrogens with one attached hydrogen (secondary N) is 1. The van der Waals surface area contributed by atoms with Crippen molar-refractivity contribution in [3.05, 3.63) is 59.2 Å². The smallest absolute Gasteiger partial charge is 0.225 e. The number of benzene rings is 2. The van der Waals surface area contributed by atoms with E-state index in [1.807, 2.05) is 49.4 Å². The molecular formula is C22H28N2O4. The lowest BCUT2D eigenvalue weighted by Crippen LogP contribution is -2.33. The monoisotopic (exact) mass is 384 g/mol. The number of methoxy groups -OCH3 is 2. The van der Waals surface area contributed by atoms with Crippen LogP contribution in [-0.2, 0) is 16.1 Å². The quantitative estimate of drug-likeness (QED) is 0.759. The van der Waals surface area contributed by atoms with E-state index in [4.69, 9.17) is 9.47 Å². The van der Waals surface area contributed by atoms with E-state index < -0.39 is 6.04 Å². The number of rotatable bonds is 8. The minimum absolute atomic E-state index is 0.0712. The van der Waals surface area contributed by atoms with Gasteiger partial charge in [0.05, 0.1) is 26.7 Å². The average molecular weight is 384 g/mol. The van der Waals surface area contributed by atoms with Gasteiger partial charge in [0.2, 0.25) is 11.8 Å². The van der Waals surface area contributed by atoms with E-state index in [0.717, 1.165) is 28.2 Å². The average Bonchev–Trinajstić information content (AvgIpc) is 2.67. The summed E-state index contributed by atoms with van der Waals surface area (Å²) in [5, 5.41) is 2.86. The minimum atomic E-state index is -0.405. The van der Waals surface area contributed by atoms with Crippen LogP contribution in [0.3, 0.4) is 0 Å². The van der Waals surface area contributed by atoms with Crippen molar-refractivity contribution in [3.63, 3.8) is 0 Å². The molecule has 0 saturated carbocycles. The number of hydrogen-bond donors (Lipinski definition) is 1. The molecule has 0 spiro atoms. The second-order valence-electron chi connectivity index (χ2n) is 6.80. The van der Waals surface area contributed by atoms with Gasteiger partial charge in [0.25, 0.3) is 0 Å². The number of nitrogens with zero attached hydrogens (tertiary/aromatic N) is 1.